The Hall–Kier alpha value is -3.00. The zero-order valence-corrected chi connectivity index (χ0v) is 15.6. The van der Waals surface area contributed by atoms with Crippen LogP contribution < -0.4 is 10.6 Å². The Kier molecular flexibility index (Phi) is 5.13. The van der Waals surface area contributed by atoms with Gasteiger partial charge >= 0.3 is 0 Å². The third-order valence-corrected chi connectivity index (χ3v) is 4.76. The SMILES string of the molecule is Cc1ccc(C(=O)NCc2nccs2)cc1NC(=O)c1cc(C)n(C)n1. The van der Waals surface area contributed by atoms with Gasteiger partial charge in [-0.15, -0.1) is 11.3 Å². The molecule has 134 valence electrons. The molecule has 1 aromatic carbocycles. The Morgan fingerprint density at radius 2 is 2.00 bits per heavy atom. The molecule has 26 heavy (non-hydrogen) atoms. The Balaban J connectivity index is 1.72. The molecule has 0 atom stereocenters. The number of carbonyl (C=O) groups is 2. The summed E-state index contributed by atoms with van der Waals surface area (Å²) in [5, 5.41) is 12.5. The molecule has 0 aliphatic rings. The number of hydrogen-bond donors (Lipinski definition) is 2. The first-order valence-corrected chi connectivity index (χ1v) is 8.91. The first-order chi connectivity index (χ1) is 12.4. The van der Waals surface area contributed by atoms with Gasteiger partial charge in [-0.2, -0.15) is 5.10 Å². The molecule has 7 nitrogen and oxygen atoms in total. The molecule has 0 bridgehead atoms. The van der Waals surface area contributed by atoms with Crippen LogP contribution in [0.3, 0.4) is 0 Å². The van der Waals surface area contributed by atoms with E-state index in [9.17, 15) is 9.59 Å². The van der Waals surface area contributed by atoms with Gasteiger partial charge in [0.2, 0.25) is 0 Å². The summed E-state index contributed by atoms with van der Waals surface area (Å²) in [5.41, 5.74) is 3.15. The second-order valence-corrected chi connectivity index (χ2v) is 6.87. The van der Waals surface area contributed by atoms with Crippen LogP contribution in [0.2, 0.25) is 0 Å². The molecule has 2 aromatic heterocycles. The average Bonchev–Trinajstić information content (AvgIpc) is 3.25. The van der Waals surface area contributed by atoms with Crippen molar-refractivity contribution in [3.8, 4) is 0 Å². The fourth-order valence-electron chi connectivity index (χ4n) is 2.35. The van der Waals surface area contributed by atoms with Gasteiger partial charge in [-0.3, -0.25) is 14.3 Å². The highest BCUT2D eigenvalue weighted by Gasteiger charge is 2.14. The lowest BCUT2D eigenvalue weighted by Crippen LogP contribution is -2.23. The Bertz CT molecular complexity index is 927. The van der Waals surface area contributed by atoms with Crippen molar-refractivity contribution in [3.63, 3.8) is 0 Å². The van der Waals surface area contributed by atoms with Crippen LogP contribution in [0, 0.1) is 13.8 Å². The van der Waals surface area contributed by atoms with Crippen LogP contribution in [0.4, 0.5) is 5.69 Å². The Morgan fingerprint density at radius 1 is 1.19 bits per heavy atom. The third kappa shape index (κ3) is 3.97. The number of thiazole rings is 1. The van der Waals surface area contributed by atoms with Crippen LogP contribution in [-0.2, 0) is 13.6 Å². The number of hydrogen-bond acceptors (Lipinski definition) is 5. The van der Waals surface area contributed by atoms with E-state index >= 15 is 0 Å². The van der Waals surface area contributed by atoms with Crippen molar-refractivity contribution < 1.29 is 9.59 Å². The molecule has 0 aliphatic carbocycles. The standard InChI is InChI=1S/C18H19N5O2S/c1-11-4-5-13(17(24)20-10-16-19-6-7-26-16)9-14(11)21-18(25)15-8-12(2)23(3)22-15/h4-9H,10H2,1-3H3,(H,20,24)(H,21,25). The number of anilines is 1. The second kappa shape index (κ2) is 7.49. The maximum atomic E-state index is 12.4. The number of amides is 2. The molecule has 8 heteroatoms. The summed E-state index contributed by atoms with van der Waals surface area (Å²) in [4.78, 5) is 28.9. The topological polar surface area (TPSA) is 88.9 Å². The summed E-state index contributed by atoms with van der Waals surface area (Å²) in [6.07, 6.45) is 1.70. The quantitative estimate of drug-likeness (QED) is 0.724. The molecule has 2 amide bonds. The van der Waals surface area contributed by atoms with Crippen LogP contribution in [0.1, 0.15) is 37.1 Å². The molecule has 0 aliphatic heterocycles. The minimum absolute atomic E-state index is 0.218. The van der Waals surface area contributed by atoms with Gasteiger partial charge in [0, 0.05) is 35.6 Å². The van der Waals surface area contributed by atoms with E-state index in [1.54, 1.807) is 42.2 Å². The van der Waals surface area contributed by atoms with Crippen molar-refractivity contribution in [2.45, 2.75) is 20.4 Å². The summed E-state index contributed by atoms with van der Waals surface area (Å²) < 4.78 is 1.64. The summed E-state index contributed by atoms with van der Waals surface area (Å²) >= 11 is 1.48. The highest BCUT2D eigenvalue weighted by atomic mass is 32.1. The summed E-state index contributed by atoms with van der Waals surface area (Å²) in [7, 11) is 1.78. The number of aryl methyl sites for hydroxylation is 3. The molecule has 2 N–H and O–H groups in total. The van der Waals surface area contributed by atoms with Crippen molar-refractivity contribution in [2.24, 2.45) is 7.05 Å². The van der Waals surface area contributed by atoms with Crippen LogP contribution in [0.15, 0.2) is 35.8 Å². The molecule has 3 aromatic rings. The van der Waals surface area contributed by atoms with E-state index in [-0.39, 0.29) is 11.8 Å². The number of rotatable bonds is 5. The highest BCUT2D eigenvalue weighted by Crippen LogP contribution is 2.18. The van der Waals surface area contributed by atoms with E-state index in [4.69, 9.17) is 0 Å². The zero-order valence-electron chi connectivity index (χ0n) is 14.7. The van der Waals surface area contributed by atoms with Crippen molar-refractivity contribution in [1.82, 2.24) is 20.1 Å². The van der Waals surface area contributed by atoms with Gasteiger partial charge in [0.25, 0.3) is 11.8 Å². The predicted molar refractivity (Wildman–Crippen MR) is 100 cm³/mol. The van der Waals surface area contributed by atoms with E-state index in [0.29, 0.717) is 23.5 Å². The Morgan fingerprint density at radius 3 is 2.65 bits per heavy atom. The molecule has 0 radical (unpaired) electrons. The number of nitrogens with one attached hydrogen (secondary N) is 2. The zero-order chi connectivity index (χ0) is 18.7. The van der Waals surface area contributed by atoms with Crippen LogP contribution in [0.5, 0.6) is 0 Å². The molecular formula is C18H19N5O2S. The van der Waals surface area contributed by atoms with Gasteiger partial charge in [-0.25, -0.2) is 4.98 Å². The first kappa shape index (κ1) is 17.8. The van der Waals surface area contributed by atoms with Gasteiger partial charge in [0.1, 0.15) is 5.01 Å². The first-order valence-electron chi connectivity index (χ1n) is 8.03. The molecule has 3 rings (SSSR count). The van der Waals surface area contributed by atoms with Gasteiger partial charge in [-0.05, 0) is 37.6 Å². The van der Waals surface area contributed by atoms with Gasteiger partial charge in [0.15, 0.2) is 5.69 Å². The van der Waals surface area contributed by atoms with Gasteiger partial charge in [-0.1, -0.05) is 6.07 Å². The van der Waals surface area contributed by atoms with Crippen LogP contribution in [-0.4, -0.2) is 26.6 Å². The molecule has 0 saturated heterocycles. The van der Waals surface area contributed by atoms with Gasteiger partial charge in [0.05, 0.1) is 6.54 Å². The molecular weight excluding hydrogens is 350 g/mol. The normalized spacial score (nSPS) is 10.6. The summed E-state index contributed by atoms with van der Waals surface area (Å²) in [6, 6.07) is 6.92. The minimum atomic E-state index is -0.308. The maximum Gasteiger partial charge on any atom is 0.276 e. The lowest BCUT2D eigenvalue weighted by molar-refractivity contribution is 0.0949. The van der Waals surface area contributed by atoms with Gasteiger partial charge < -0.3 is 10.6 Å². The van der Waals surface area contributed by atoms with Crippen molar-refractivity contribution in [1.29, 1.82) is 0 Å². The summed E-state index contributed by atoms with van der Waals surface area (Å²) in [5.74, 6) is -0.526. The number of aromatic nitrogens is 3. The fourth-order valence-corrected chi connectivity index (χ4v) is 2.91. The van der Waals surface area contributed by atoms with E-state index in [1.165, 1.54) is 11.3 Å². The molecule has 0 fully saturated rings. The third-order valence-electron chi connectivity index (χ3n) is 3.98. The average molecular weight is 369 g/mol. The molecule has 0 spiro atoms. The number of benzene rings is 1. The highest BCUT2D eigenvalue weighted by molar-refractivity contribution is 7.09. The van der Waals surface area contributed by atoms with E-state index in [0.717, 1.165) is 16.3 Å². The van der Waals surface area contributed by atoms with E-state index in [2.05, 4.69) is 20.7 Å². The minimum Gasteiger partial charge on any atom is -0.346 e. The Labute approximate surface area is 155 Å². The monoisotopic (exact) mass is 369 g/mol. The lowest BCUT2D eigenvalue weighted by Gasteiger charge is -2.10. The largest absolute Gasteiger partial charge is 0.346 e. The number of nitrogens with zero attached hydrogens (tertiary/aromatic N) is 3. The number of carbonyl (C=O) groups excluding carboxylic acids is 2. The smallest absolute Gasteiger partial charge is 0.276 e. The van der Waals surface area contributed by atoms with Crippen LogP contribution in [0.25, 0.3) is 0 Å². The molecule has 2 heterocycles. The summed E-state index contributed by atoms with van der Waals surface area (Å²) in [6.45, 7) is 4.12. The maximum absolute atomic E-state index is 12.4. The molecule has 0 saturated carbocycles. The molecule has 0 unspecified atom stereocenters. The van der Waals surface area contributed by atoms with Crippen molar-refractivity contribution in [3.05, 3.63) is 63.4 Å². The van der Waals surface area contributed by atoms with Crippen molar-refractivity contribution >= 4 is 28.8 Å². The fraction of sp³-hybridized carbons (Fsp3) is 0.222. The van der Waals surface area contributed by atoms with Crippen LogP contribution >= 0.6 is 11.3 Å². The second-order valence-electron chi connectivity index (χ2n) is 5.89. The van der Waals surface area contributed by atoms with E-state index < -0.39 is 0 Å². The van der Waals surface area contributed by atoms with Crippen molar-refractivity contribution in [2.75, 3.05) is 5.32 Å². The van der Waals surface area contributed by atoms with E-state index in [1.807, 2.05) is 19.2 Å². The lowest BCUT2D eigenvalue weighted by atomic mass is 10.1. The predicted octanol–water partition coefficient (Wildman–Crippen LogP) is 2.68.